The normalized spacial score (nSPS) is 18.5. The van der Waals surface area contributed by atoms with E-state index in [9.17, 15) is 8.42 Å². The Hall–Kier alpha value is -1.90. The summed E-state index contributed by atoms with van der Waals surface area (Å²) in [6.45, 7) is 2.62. The number of hydrogen-bond donors (Lipinski definition) is 1. The van der Waals surface area contributed by atoms with Crippen LogP contribution in [0.15, 0.2) is 12.4 Å². The third kappa shape index (κ3) is 5.97. The van der Waals surface area contributed by atoms with Crippen molar-refractivity contribution >= 4 is 27.6 Å². The lowest BCUT2D eigenvalue weighted by atomic mass is 10.2. The Morgan fingerprint density at radius 2 is 1.88 bits per heavy atom. The van der Waals surface area contributed by atoms with Gasteiger partial charge in [-0.2, -0.15) is 0 Å². The molecule has 33 heavy (non-hydrogen) atoms. The van der Waals surface area contributed by atoms with E-state index in [0.29, 0.717) is 17.5 Å². The molecule has 1 N–H and O–H groups in total. The topological polar surface area (TPSA) is 140 Å². The van der Waals surface area contributed by atoms with E-state index in [1.165, 1.54) is 26.4 Å². The van der Waals surface area contributed by atoms with Gasteiger partial charge in [0.05, 0.1) is 24.3 Å². The van der Waals surface area contributed by atoms with Crippen LogP contribution in [0.4, 0.5) is 5.95 Å². The zero-order valence-corrected chi connectivity index (χ0v) is 20.5. The number of halogens is 1. The van der Waals surface area contributed by atoms with Crippen molar-refractivity contribution in [3.05, 3.63) is 29.1 Å². The minimum absolute atomic E-state index is 0.0401. The van der Waals surface area contributed by atoms with E-state index in [0.717, 1.165) is 12.8 Å². The summed E-state index contributed by atoms with van der Waals surface area (Å²) in [6.07, 6.45) is 3.17. The number of methoxy groups -OCH3 is 3. The van der Waals surface area contributed by atoms with Gasteiger partial charge in [0.25, 0.3) is 0 Å². The Bertz CT molecular complexity index is 993. The number of nitrogens with one attached hydrogen (secondary N) is 1. The van der Waals surface area contributed by atoms with Crippen molar-refractivity contribution in [3.8, 4) is 0 Å². The molecule has 0 amide bonds. The van der Waals surface area contributed by atoms with Crippen LogP contribution < -0.4 is 4.72 Å². The van der Waals surface area contributed by atoms with Gasteiger partial charge in [0, 0.05) is 40.3 Å². The van der Waals surface area contributed by atoms with Crippen molar-refractivity contribution < 1.29 is 27.4 Å². The molecule has 3 heterocycles. The SMILES string of the molecule is COCC(COC)n1c(NS(=O)(=O)C(C)C(OC)c2ncc(Cl)cn2)nnc1[C@H]1CCCO1. The highest BCUT2D eigenvalue weighted by Gasteiger charge is 2.36. The first-order chi connectivity index (χ1) is 15.8. The fourth-order valence-electron chi connectivity index (χ4n) is 3.67. The fraction of sp³-hybridized carbons (Fsp3) is 0.684. The molecule has 1 fully saturated rings. The van der Waals surface area contributed by atoms with E-state index in [1.54, 1.807) is 18.8 Å². The summed E-state index contributed by atoms with van der Waals surface area (Å²) in [4.78, 5) is 8.20. The molecule has 2 unspecified atom stereocenters. The van der Waals surface area contributed by atoms with Gasteiger partial charge < -0.3 is 18.9 Å². The van der Waals surface area contributed by atoms with Gasteiger partial charge in [-0.15, -0.1) is 10.2 Å². The highest BCUT2D eigenvalue weighted by atomic mass is 35.5. The molecule has 0 bridgehead atoms. The van der Waals surface area contributed by atoms with Gasteiger partial charge in [-0.25, -0.2) is 18.4 Å². The van der Waals surface area contributed by atoms with Gasteiger partial charge in [0.2, 0.25) is 16.0 Å². The molecule has 3 rings (SSSR count). The predicted octanol–water partition coefficient (Wildman–Crippen LogP) is 1.92. The first-order valence-corrected chi connectivity index (χ1v) is 12.3. The van der Waals surface area contributed by atoms with Gasteiger partial charge in [0.15, 0.2) is 11.6 Å². The summed E-state index contributed by atoms with van der Waals surface area (Å²) < 4.78 is 52.7. The quantitative estimate of drug-likeness (QED) is 0.455. The van der Waals surface area contributed by atoms with Crippen molar-refractivity contribution in [2.45, 2.75) is 43.3 Å². The summed E-state index contributed by atoms with van der Waals surface area (Å²) in [5.74, 6) is 0.748. The molecule has 0 aliphatic carbocycles. The van der Waals surface area contributed by atoms with E-state index in [4.69, 9.17) is 30.5 Å². The van der Waals surface area contributed by atoms with E-state index >= 15 is 0 Å². The second-order valence-corrected chi connectivity index (χ2v) is 10.1. The molecule has 1 aliphatic rings. The number of hydrogen-bond acceptors (Lipinski definition) is 10. The minimum Gasteiger partial charge on any atom is -0.382 e. The van der Waals surface area contributed by atoms with Crippen LogP contribution in [0.1, 0.15) is 49.7 Å². The van der Waals surface area contributed by atoms with Crippen LogP contribution in [0, 0.1) is 0 Å². The van der Waals surface area contributed by atoms with Gasteiger partial charge in [-0.05, 0) is 19.8 Å². The molecule has 3 atom stereocenters. The Labute approximate surface area is 198 Å². The summed E-state index contributed by atoms with van der Waals surface area (Å²) in [5, 5.41) is 7.63. The Balaban J connectivity index is 1.93. The van der Waals surface area contributed by atoms with Crippen LogP contribution >= 0.6 is 11.6 Å². The number of nitrogens with zero attached hydrogens (tertiary/aromatic N) is 5. The Morgan fingerprint density at radius 1 is 1.21 bits per heavy atom. The van der Waals surface area contributed by atoms with Crippen molar-refractivity contribution in [2.75, 3.05) is 45.9 Å². The van der Waals surface area contributed by atoms with Gasteiger partial charge >= 0.3 is 0 Å². The van der Waals surface area contributed by atoms with E-state index < -0.39 is 21.4 Å². The van der Waals surface area contributed by atoms with E-state index in [1.807, 2.05) is 0 Å². The molecule has 14 heteroatoms. The molecule has 0 radical (unpaired) electrons. The smallest absolute Gasteiger partial charge is 0.240 e. The van der Waals surface area contributed by atoms with Crippen molar-refractivity contribution in [1.29, 1.82) is 0 Å². The van der Waals surface area contributed by atoms with Gasteiger partial charge in [0.1, 0.15) is 17.5 Å². The molecular weight excluding hydrogens is 476 g/mol. The maximum atomic E-state index is 13.3. The van der Waals surface area contributed by atoms with Crippen LogP contribution in [-0.2, 0) is 29.0 Å². The number of anilines is 1. The summed E-state index contributed by atoms with van der Waals surface area (Å²) in [5.41, 5.74) is 0. The monoisotopic (exact) mass is 504 g/mol. The third-order valence-corrected chi connectivity index (χ3v) is 7.21. The molecule has 0 aromatic carbocycles. The molecule has 184 valence electrons. The summed E-state index contributed by atoms with van der Waals surface area (Å²) in [7, 11) is 0.487. The fourth-order valence-corrected chi connectivity index (χ4v) is 4.91. The standard InChI is InChI=1S/C19H29ClN6O6S/c1-12(16(31-4)17-21-8-13(20)9-22-17)33(27,28)25-19-24-23-18(15-6-5-7-32-15)26(19)14(10-29-2)11-30-3/h8-9,12,14-16H,5-7,10-11H2,1-4H3,(H,24,25)/t12?,15-,16?/m1/s1. The average Bonchev–Trinajstić information content (AvgIpc) is 3.45. The number of ether oxygens (including phenoxy) is 4. The van der Waals surface area contributed by atoms with Crippen LogP contribution in [0.2, 0.25) is 5.02 Å². The summed E-state index contributed by atoms with van der Waals surface area (Å²) >= 11 is 5.85. The minimum atomic E-state index is -4.01. The van der Waals surface area contributed by atoms with Crippen molar-refractivity contribution in [1.82, 2.24) is 24.7 Å². The average molecular weight is 505 g/mol. The van der Waals surface area contributed by atoms with E-state index in [-0.39, 0.29) is 37.1 Å². The first-order valence-electron chi connectivity index (χ1n) is 10.4. The molecule has 1 saturated heterocycles. The maximum absolute atomic E-state index is 13.3. The highest BCUT2D eigenvalue weighted by molar-refractivity contribution is 7.93. The van der Waals surface area contributed by atoms with Crippen LogP contribution in [0.3, 0.4) is 0 Å². The van der Waals surface area contributed by atoms with Gasteiger partial charge in [-0.1, -0.05) is 11.6 Å². The largest absolute Gasteiger partial charge is 0.382 e. The molecule has 1 aliphatic heterocycles. The second kappa shape index (κ2) is 11.5. The molecular formula is C19H29ClN6O6S. The number of rotatable bonds is 12. The van der Waals surface area contributed by atoms with Crippen molar-refractivity contribution in [3.63, 3.8) is 0 Å². The zero-order valence-electron chi connectivity index (χ0n) is 19.0. The number of sulfonamides is 1. The van der Waals surface area contributed by atoms with Gasteiger partial charge in [-0.3, -0.25) is 9.29 Å². The molecule has 12 nitrogen and oxygen atoms in total. The van der Waals surface area contributed by atoms with Crippen LogP contribution in [0.5, 0.6) is 0 Å². The highest BCUT2D eigenvalue weighted by Crippen LogP contribution is 2.32. The maximum Gasteiger partial charge on any atom is 0.240 e. The summed E-state index contributed by atoms with van der Waals surface area (Å²) in [6, 6.07) is -0.375. The van der Waals surface area contributed by atoms with Crippen LogP contribution in [0.25, 0.3) is 0 Å². The number of aromatic nitrogens is 5. The third-order valence-electron chi connectivity index (χ3n) is 5.32. The predicted molar refractivity (Wildman–Crippen MR) is 120 cm³/mol. The molecule has 2 aromatic heterocycles. The second-order valence-electron chi connectivity index (χ2n) is 7.59. The van der Waals surface area contributed by atoms with E-state index in [2.05, 4.69) is 24.9 Å². The zero-order chi connectivity index (χ0) is 24.0. The Morgan fingerprint density at radius 3 is 2.42 bits per heavy atom. The lowest BCUT2D eigenvalue weighted by molar-refractivity contribution is 0.0727. The molecule has 0 spiro atoms. The molecule has 2 aromatic rings. The Kier molecular flexibility index (Phi) is 8.95. The molecule has 0 saturated carbocycles. The van der Waals surface area contributed by atoms with Crippen LogP contribution in [-0.4, -0.2) is 79.6 Å². The lowest BCUT2D eigenvalue weighted by Gasteiger charge is -2.25. The lowest BCUT2D eigenvalue weighted by Crippen LogP contribution is -2.34. The first kappa shape index (κ1) is 25.7. The van der Waals surface area contributed by atoms with Crippen molar-refractivity contribution in [2.24, 2.45) is 0 Å².